The van der Waals surface area contributed by atoms with Gasteiger partial charge in [-0.1, -0.05) is 0 Å². The molecule has 0 N–H and O–H groups in total. The van der Waals surface area contributed by atoms with Crippen molar-refractivity contribution in [1.29, 1.82) is 0 Å². The molecule has 3 atom stereocenters. The minimum absolute atomic E-state index is 0.0193. The average molecular weight is 343 g/mol. The summed E-state index contributed by atoms with van der Waals surface area (Å²) in [4.78, 5) is 11.9. The van der Waals surface area contributed by atoms with Crippen LogP contribution in [0.4, 0.5) is 0 Å². The molecular formula is C15H20O2SSe. The van der Waals surface area contributed by atoms with Crippen LogP contribution in [0.25, 0.3) is 0 Å². The number of thioether (sulfide) groups is 1. The number of ether oxygens (including phenoxy) is 1. The fourth-order valence-electron chi connectivity index (χ4n) is 2.27. The molecule has 19 heavy (non-hydrogen) atoms. The standard InChI is InChI=1S/C15H20O2SSe/c1-4-12-14(9-15(16)17-12)19-13-8-6-5-7-11(13)10(2)18-3/h5-8,10,12,14H,4,9H2,1-3H3/t10-,12?,14?/m0/s1. The Morgan fingerprint density at radius 1 is 1.47 bits per heavy atom. The van der Waals surface area contributed by atoms with Gasteiger partial charge in [0.15, 0.2) is 0 Å². The van der Waals surface area contributed by atoms with Crippen molar-refractivity contribution in [3.05, 3.63) is 29.8 Å². The van der Waals surface area contributed by atoms with Crippen LogP contribution in [0.1, 0.15) is 37.5 Å². The van der Waals surface area contributed by atoms with E-state index in [4.69, 9.17) is 4.74 Å². The van der Waals surface area contributed by atoms with Gasteiger partial charge in [0.2, 0.25) is 0 Å². The summed E-state index contributed by atoms with van der Waals surface area (Å²) in [5.74, 6) is -0.0193. The average Bonchev–Trinajstić information content (AvgIpc) is 2.78. The molecule has 2 nitrogen and oxygen atoms in total. The Kier molecular flexibility index (Phi) is 5.37. The molecule has 0 spiro atoms. The van der Waals surface area contributed by atoms with Gasteiger partial charge in [-0.05, 0) is 0 Å². The van der Waals surface area contributed by atoms with E-state index in [0.29, 0.717) is 31.4 Å². The molecule has 2 rings (SSSR count). The zero-order valence-electron chi connectivity index (χ0n) is 11.6. The Bertz CT molecular complexity index is 450. The maximum absolute atomic E-state index is 11.5. The topological polar surface area (TPSA) is 26.3 Å². The van der Waals surface area contributed by atoms with Gasteiger partial charge >= 0.3 is 126 Å². The predicted octanol–water partition coefficient (Wildman–Crippen LogP) is 2.95. The molecule has 0 aromatic heterocycles. The molecule has 1 saturated heterocycles. The summed E-state index contributed by atoms with van der Waals surface area (Å²) in [7, 11) is 0. The maximum atomic E-state index is 11.5. The van der Waals surface area contributed by atoms with Crippen molar-refractivity contribution in [2.24, 2.45) is 0 Å². The van der Waals surface area contributed by atoms with Gasteiger partial charge in [0, 0.05) is 0 Å². The second kappa shape index (κ2) is 6.83. The third-order valence-corrected chi connectivity index (χ3v) is 7.35. The summed E-state index contributed by atoms with van der Waals surface area (Å²) in [6, 6.07) is 8.65. The van der Waals surface area contributed by atoms with E-state index in [0.717, 1.165) is 6.42 Å². The monoisotopic (exact) mass is 344 g/mol. The fraction of sp³-hybridized carbons (Fsp3) is 0.533. The molecular weight excluding hydrogens is 323 g/mol. The Morgan fingerprint density at radius 3 is 2.89 bits per heavy atom. The number of hydrogen-bond donors (Lipinski definition) is 0. The first-order chi connectivity index (χ1) is 9.15. The summed E-state index contributed by atoms with van der Waals surface area (Å²) in [5.41, 5.74) is 1.42. The van der Waals surface area contributed by atoms with Crippen LogP contribution >= 0.6 is 11.8 Å². The van der Waals surface area contributed by atoms with Crippen LogP contribution in [-0.2, 0) is 9.53 Å². The van der Waals surface area contributed by atoms with E-state index in [-0.39, 0.29) is 12.1 Å². The molecule has 0 aliphatic carbocycles. The molecule has 4 heteroatoms. The van der Waals surface area contributed by atoms with E-state index in [1.54, 1.807) is 0 Å². The van der Waals surface area contributed by atoms with Crippen LogP contribution < -0.4 is 4.46 Å². The van der Waals surface area contributed by atoms with Crippen molar-refractivity contribution >= 4 is 37.1 Å². The molecule has 0 radical (unpaired) electrons. The van der Waals surface area contributed by atoms with Crippen LogP contribution in [-0.4, -0.2) is 33.3 Å². The number of carbonyl (C=O) groups is 1. The molecule has 2 unspecified atom stereocenters. The van der Waals surface area contributed by atoms with Crippen molar-refractivity contribution in [3.8, 4) is 0 Å². The third kappa shape index (κ3) is 3.56. The number of hydrogen-bond acceptors (Lipinski definition) is 3. The number of benzene rings is 1. The second-order valence-electron chi connectivity index (χ2n) is 4.71. The zero-order valence-corrected chi connectivity index (χ0v) is 14.1. The fourth-order valence-corrected chi connectivity index (χ4v) is 6.01. The van der Waals surface area contributed by atoms with E-state index in [1.165, 1.54) is 10.0 Å². The Morgan fingerprint density at radius 2 is 2.21 bits per heavy atom. The van der Waals surface area contributed by atoms with Gasteiger partial charge in [-0.25, -0.2) is 0 Å². The van der Waals surface area contributed by atoms with Crippen LogP contribution in [0.2, 0.25) is 4.82 Å². The van der Waals surface area contributed by atoms with Crippen LogP contribution in [0.15, 0.2) is 24.3 Å². The predicted molar refractivity (Wildman–Crippen MR) is 82.3 cm³/mol. The van der Waals surface area contributed by atoms with Gasteiger partial charge in [-0.2, -0.15) is 0 Å². The van der Waals surface area contributed by atoms with Crippen LogP contribution in [0.5, 0.6) is 0 Å². The number of carbonyl (C=O) groups excluding carboxylic acids is 1. The molecule has 1 aromatic carbocycles. The van der Waals surface area contributed by atoms with Gasteiger partial charge < -0.3 is 0 Å². The van der Waals surface area contributed by atoms with Gasteiger partial charge in [0.25, 0.3) is 0 Å². The van der Waals surface area contributed by atoms with Gasteiger partial charge in [-0.15, -0.1) is 0 Å². The third-order valence-electron chi connectivity index (χ3n) is 3.46. The summed E-state index contributed by atoms with van der Waals surface area (Å²) >= 11 is 2.18. The Labute approximate surface area is 125 Å². The summed E-state index contributed by atoms with van der Waals surface area (Å²) in [6.45, 7) is 4.34. The van der Waals surface area contributed by atoms with Gasteiger partial charge in [-0.3, -0.25) is 0 Å². The van der Waals surface area contributed by atoms with E-state index >= 15 is 0 Å². The number of esters is 1. The Balaban J connectivity index is 2.17. The molecule has 0 bridgehead atoms. The van der Waals surface area contributed by atoms with Crippen molar-refractivity contribution in [1.82, 2.24) is 0 Å². The summed E-state index contributed by atoms with van der Waals surface area (Å²) < 4.78 is 6.82. The van der Waals surface area contributed by atoms with Crippen LogP contribution in [0.3, 0.4) is 0 Å². The normalized spacial score (nSPS) is 24.3. The molecule has 0 amide bonds. The Hall–Kier alpha value is -0.441. The molecule has 1 fully saturated rings. The van der Waals surface area contributed by atoms with E-state index in [1.807, 2.05) is 11.8 Å². The van der Waals surface area contributed by atoms with Gasteiger partial charge in [0.05, 0.1) is 0 Å². The van der Waals surface area contributed by atoms with E-state index in [2.05, 4.69) is 44.4 Å². The molecule has 104 valence electrons. The minimum atomic E-state index is -0.0193. The summed E-state index contributed by atoms with van der Waals surface area (Å²) in [5, 5.41) is 0.510. The quantitative estimate of drug-likeness (QED) is 0.607. The molecule has 1 aliphatic rings. The molecule has 1 heterocycles. The number of rotatable bonds is 5. The van der Waals surface area contributed by atoms with Crippen molar-refractivity contribution in [2.45, 2.75) is 42.9 Å². The molecule has 1 aliphatic heterocycles. The first-order valence-electron chi connectivity index (χ1n) is 6.63. The SMILES string of the molecule is CCC1OC(=O)CC1[Se]c1ccccc1[C@H](C)SC. The van der Waals surface area contributed by atoms with E-state index in [9.17, 15) is 4.79 Å². The first-order valence-corrected chi connectivity index (χ1v) is 9.77. The first kappa shape index (κ1) is 15.0. The van der Waals surface area contributed by atoms with Crippen molar-refractivity contribution in [2.75, 3.05) is 6.26 Å². The van der Waals surface area contributed by atoms with Crippen LogP contribution in [0, 0.1) is 0 Å². The van der Waals surface area contributed by atoms with Crippen molar-refractivity contribution < 1.29 is 9.53 Å². The van der Waals surface area contributed by atoms with Crippen molar-refractivity contribution in [3.63, 3.8) is 0 Å². The zero-order chi connectivity index (χ0) is 13.8. The van der Waals surface area contributed by atoms with Gasteiger partial charge in [0.1, 0.15) is 0 Å². The number of cyclic esters (lactones) is 1. The summed E-state index contributed by atoms with van der Waals surface area (Å²) in [6.07, 6.45) is 3.80. The van der Waals surface area contributed by atoms with E-state index < -0.39 is 0 Å². The second-order valence-corrected chi connectivity index (χ2v) is 8.58. The molecule has 1 aromatic rings. The molecule has 0 saturated carbocycles.